The number of likely N-dealkylation sites (tertiary alicyclic amines) is 1. The van der Waals surface area contributed by atoms with Crippen LogP contribution in [-0.4, -0.2) is 36.2 Å². The summed E-state index contributed by atoms with van der Waals surface area (Å²) in [5, 5.41) is 2.93. The molecule has 1 fully saturated rings. The van der Waals surface area contributed by atoms with Gasteiger partial charge in [0, 0.05) is 19.8 Å². The van der Waals surface area contributed by atoms with Crippen molar-refractivity contribution in [3.05, 3.63) is 23.9 Å². The molecule has 1 aliphatic rings. The van der Waals surface area contributed by atoms with Crippen LogP contribution in [-0.2, 0) is 6.54 Å². The predicted molar refractivity (Wildman–Crippen MR) is 67.8 cm³/mol. The molecule has 6 heteroatoms. The fourth-order valence-electron chi connectivity index (χ4n) is 2.34. The fourth-order valence-corrected chi connectivity index (χ4v) is 2.34. The normalized spacial score (nSPS) is 18.5. The van der Waals surface area contributed by atoms with Crippen molar-refractivity contribution >= 4 is 5.82 Å². The van der Waals surface area contributed by atoms with E-state index >= 15 is 0 Å². The molecular formula is C13H18F3N3. The van der Waals surface area contributed by atoms with Gasteiger partial charge < -0.3 is 5.32 Å². The van der Waals surface area contributed by atoms with Gasteiger partial charge >= 0.3 is 6.18 Å². The van der Waals surface area contributed by atoms with E-state index in [1.54, 1.807) is 13.2 Å². The number of alkyl halides is 3. The summed E-state index contributed by atoms with van der Waals surface area (Å²) in [6, 6.07) is 3.83. The van der Waals surface area contributed by atoms with Gasteiger partial charge in [0.15, 0.2) is 0 Å². The Morgan fingerprint density at radius 3 is 2.47 bits per heavy atom. The maximum atomic E-state index is 12.5. The smallest absolute Gasteiger partial charge is 0.373 e. The lowest BCUT2D eigenvalue weighted by atomic mass is 9.96. The number of hydrogen-bond donors (Lipinski definition) is 1. The number of pyridine rings is 1. The third-order valence-corrected chi connectivity index (χ3v) is 3.54. The minimum absolute atomic E-state index is 0.200. The molecule has 1 aromatic rings. The molecule has 0 spiro atoms. The van der Waals surface area contributed by atoms with E-state index in [1.165, 1.54) is 0 Å². The highest BCUT2D eigenvalue weighted by atomic mass is 19.4. The van der Waals surface area contributed by atoms with Crippen molar-refractivity contribution < 1.29 is 13.2 Å². The number of nitrogens with one attached hydrogen (secondary N) is 1. The highest BCUT2D eigenvalue weighted by molar-refractivity contribution is 5.34. The van der Waals surface area contributed by atoms with E-state index in [9.17, 15) is 13.2 Å². The molecule has 0 aromatic carbocycles. The first-order valence-electron chi connectivity index (χ1n) is 6.41. The van der Waals surface area contributed by atoms with E-state index < -0.39 is 12.1 Å². The first-order valence-corrected chi connectivity index (χ1v) is 6.41. The van der Waals surface area contributed by atoms with Gasteiger partial charge in [0.25, 0.3) is 0 Å². The molecule has 0 bridgehead atoms. The van der Waals surface area contributed by atoms with Crippen molar-refractivity contribution in [3.63, 3.8) is 0 Å². The van der Waals surface area contributed by atoms with Crippen molar-refractivity contribution in [2.24, 2.45) is 5.92 Å². The Bertz CT molecular complexity index is 395. The van der Waals surface area contributed by atoms with Crippen LogP contribution < -0.4 is 5.32 Å². The predicted octanol–water partition coefficient (Wildman–Crippen LogP) is 2.90. The molecule has 0 atom stereocenters. The van der Waals surface area contributed by atoms with Crippen LogP contribution in [0.1, 0.15) is 18.4 Å². The molecule has 1 aliphatic heterocycles. The fraction of sp³-hybridized carbons (Fsp3) is 0.615. The van der Waals surface area contributed by atoms with E-state index in [2.05, 4.69) is 15.2 Å². The van der Waals surface area contributed by atoms with Crippen LogP contribution in [0, 0.1) is 5.92 Å². The minimum atomic E-state index is -4.04. The van der Waals surface area contributed by atoms with Crippen LogP contribution >= 0.6 is 0 Å². The topological polar surface area (TPSA) is 28.2 Å². The van der Waals surface area contributed by atoms with E-state index in [0.717, 1.165) is 11.4 Å². The molecule has 1 N–H and O–H groups in total. The summed E-state index contributed by atoms with van der Waals surface area (Å²) in [7, 11) is 1.80. The standard InChI is InChI=1S/C13H18F3N3/c1-17-12-3-2-10(8-18-12)9-19-6-4-11(5-7-19)13(14,15)16/h2-3,8,11H,4-7,9H2,1H3,(H,17,18). The van der Waals surface area contributed by atoms with E-state index in [0.29, 0.717) is 19.6 Å². The number of hydrogen-bond acceptors (Lipinski definition) is 3. The van der Waals surface area contributed by atoms with Gasteiger partial charge in [-0.2, -0.15) is 13.2 Å². The molecule has 0 aliphatic carbocycles. The highest BCUT2D eigenvalue weighted by Crippen LogP contribution is 2.34. The summed E-state index contributed by atoms with van der Waals surface area (Å²) in [5.74, 6) is -0.340. The lowest BCUT2D eigenvalue weighted by Crippen LogP contribution is -2.38. The summed E-state index contributed by atoms with van der Waals surface area (Å²) < 4.78 is 37.6. The first kappa shape index (κ1) is 14.1. The Labute approximate surface area is 110 Å². The molecule has 1 aromatic heterocycles. The quantitative estimate of drug-likeness (QED) is 0.918. The van der Waals surface area contributed by atoms with E-state index in [1.807, 2.05) is 12.1 Å². The lowest BCUT2D eigenvalue weighted by Gasteiger charge is -2.32. The number of rotatable bonds is 3. The van der Waals surface area contributed by atoms with Crippen molar-refractivity contribution in [1.82, 2.24) is 9.88 Å². The molecule has 0 unspecified atom stereocenters. The Morgan fingerprint density at radius 1 is 1.32 bits per heavy atom. The van der Waals surface area contributed by atoms with Crippen LogP contribution in [0.4, 0.5) is 19.0 Å². The molecule has 19 heavy (non-hydrogen) atoms. The van der Waals surface area contributed by atoms with Gasteiger partial charge in [-0.25, -0.2) is 4.98 Å². The number of anilines is 1. The Balaban J connectivity index is 1.85. The van der Waals surface area contributed by atoms with Gasteiger partial charge in [-0.3, -0.25) is 4.90 Å². The number of halogens is 3. The summed E-state index contributed by atoms with van der Waals surface area (Å²) in [5.41, 5.74) is 1.03. The zero-order valence-electron chi connectivity index (χ0n) is 10.9. The SMILES string of the molecule is CNc1ccc(CN2CCC(C(F)(F)F)CC2)cn1. The van der Waals surface area contributed by atoms with Gasteiger partial charge in [0.05, 0.1) is 5.92 Å². The summed E-state index contributed by atoms with van der Waals surface area (Å²) in [6.45, 7) is 1.66. The van der Waals surface area contributed by atoms with Gasteiger partial charge in [0.2, 0.25) is 0 Å². The number of piperidine rings is 1. The number of nitrogens with zero attached hydrogens (tertiary/aromatic N) is 2. The molecule has 106 valence electrons. The van der Waals surface area contributed by atoms with E-state index in [-0.39, 0.29) is 12.8 Å². The maximum absolute atomic E-state index is 12.5. The lowest BCUT2D eigenvalue weighted by molar-refractivity contribution is -0.185. The average molecular weight is 273 g/mol. The van der Waals surface area contributed by atoms with Crippen LogP contribution in [0.2, 0.25) is 0 Å². The minimum Gasteiger partial charge on any atom is -0.373 e. The maximum Gasteiger partial charge on any atom is 0.391 e. The van der Waals surface area contributed by atoms with Crippen molar-refractivity contribution in [1.29, 1.82) is 0 Å². The third kappa shape index (κ3) is 3.83. The summed E-state index contributed by atoms with van der Waals surface area (Å²) in [4.78, 5) is 6.25. The van der Waals surface area contributed by atoms with Gasteiger partial charge in [-0.05, 0) is 37.6 Å². The summed E-state index contributed by atoms with van der Waals surface area (Å²) >= 11 is 0. The van der Waals surface area contributed by atoms with Gasteiger partial charge in [-0.1, -0.05) is 6.07 Å². The van der Waals surface area contributed by atoms with E-state index in [4.69, 9.17) is 0 Å². The van der Waals surface area contributed by atoms with Crippen molar-refractivity contribution in [2.45, 2.75) is 25.6 Å². The largest absolute Gasteiger partial charge is 0.391 e. The molecule has 2 heterocycles. The van der Waals surface area contributed by atoms with Crippen LogP contribution in [0.25, 0.3) is 0 Å². The zero-order valence-corrected chi connectivity index (χ0v) is 10.9. The van der Waals surface area contributed by atoms with Crippen molar-refractivity contribution in [3.8, 4) is 0 Å². The molecule has 3 nitrogen and oxygen atoms in total. The molecule has 0 radical (unpaired) electrons. The molecule has 0 saturated carbocycles. The first-order chi connectivity index (χ1) is 8.99. The second-order valence-corrected chi connectivity index (χ2v) is 4.89. The Hall–Kier alpha value is -1.30. The zero-order chi connectivity index (χ0) is 13.9. The summed E-state index contributed by atoms with van der Waals surface area (Å²) in [6.07, 6.45) is -1.87. The van der Waals surface area contributed by atoms with Crippen LogP contribution in [0.3, 0.4) is 0 Å². The molecule has 2 rings (SSSR count). The van der Waals surface area contributed by atoms with Gasteiger partial charge in [0.1, 0.15) is 5.82 Å². The Morgan fingerprint density at radius 2 is 2.00 bits per heavy atom. The molecule has 0 amide bonds. The monoisotopic (exact) mass is 273 g/mol. The molecular weight excluding hydrogens is 255 g/mol. The average Bonchev–Trinajstić information content (AvgIpc) is 2.39. The second kappa shape index (κ2) is 5.77. The number of aromatic nitrogens is 1. The third-order valence-electron chi connectivity index (χ3n) is 3.54. The highest BCUT2D eigenvalue weighted by Gasteiger charge is 2.40. The molecule has 1 saturated heterocycles. The van der Waals surface area contributed by atoms with Crippen LogP contribution in [0.5, 0.6) is 0 Å². The van der Waals surface area contributed by atoms with Crippen molar-refractivity contribution in [2.75, 3.05) is 25.5 Å². The van der Waals surface area contributed by atoms with Crippen LogP contribution in [0.15, 0.2) is 18.3 Å². The van der Waals surface area contributed by atoms with Gasteiger partial charge in [-0.15, -0.1) is 0 Å². The Kier molecular flexibility index (Phi) is 4.29. The second-order valence-electron chi connectivity index (χ2n) is 4.89.